The number of benzene rings is 1. The molecule has 0 aliphatic heterocycles. The molecule has 0 radical (unpaired) electrons. The highest BCUT2D eigenvalue weighted by Gasteiger charge is 2.25. The lowest BCUT2D eigenvalue weighted by atomic mass is 10.2. The van der Waals surface area contributed by atoms with Crippen molar-refractivity contribution in [1.29, 1.82) is 0 Å². The summed E-state index contributed by atoms with van der Waals surface area (Å²) in [7, 11) is 1.23. The molecule has 6 nitrogen and oxygen atoms in total. The molecule has 0 saturated carbocycles. The molecule has 0 saturated heterocycles. The molecule has 120 valence electrons. The van der Waals surface area contributed by atoms with E-state index >= 15 is 0 Å². The Hall–Kier alpha value is -2.02. The molecule has 7 heteroatoms. The predicted molar refractivity (Wildman–Crippen MR) is 83.2 cm³/mol. The minimum absolute atomic E-state index is 0.000790. The second-order valence-corrected chi connectivity index (χ2v) is 5.38. The average molecular weight is 325 g/mol. The van der Waals surface area contributed by atoms with Crippen LogP contribution < -0.4 is 5.32 Å². The second kappa shape index (κ2) is 9.83. The van der Waals surface area contributed by atoms with E-state index in [0.717, 1.165) is 5.56 Å². The number of hydrogen-bond acceptors (Lipinski definition) is 6. The summed E-state index contributed by atoms with van der Waals surface area (Å²) in [5, 5.41) is 2.34. The van der Waals surface area contributed by atoms with Crippen molar-refractivity contribution in [2.75, 3.05) is 19.1 Å². The van der Waals surface area contributed by atoms with Gasteiger partial charge in [0.2, 0.25) is 0 Å². The van der Waals surface area contributed by atoms with Gasteiger partial charge in [0, 0.05) is 0 Å². The molecule has 0 spiro atoms. The average Bonchev–Trinajstić information content (AvgIpc) is 2.56. The number of methoxy groups -OCH3 is 1. The standard InChI is InChI=1S/C15H19NO5S/c1-20-14(18)12(8-9-22-2)16-13(17)15(19)21-10-11-6-4-3-5-7-11/h3-7,12H,8-10H2,1-2H3,(H,16,17)/t12-/m0/s1. The molecular formula is C15H19NO5S. The van der Waals surface area contributed by atoms with E-state index in [1.165, 1.54) is 18.9 Å². The maximum atomic E-state index is 11.8. The van der Waals surface area contributed by atoms with Crippen LogP contribution in [0.3, 0.4) is 0 Å². The number of ether oxygens (including phenoxy) is 2. The first kappa shape index (κ1) is 18.0. The Morgan fingerprint density at radius 1 is 1.23 bits per heavy atom. The summed E-state index contributed by atoms with van der Waals surface area (Å²) in [5.74, 6) is -1.91. The van der Waals surface area contributed by atoms with Gasteiger partial charge in [-0.05, 0) is 24.0 Å². The third kappa shape index (κ3) is 6.17. The van der Waals surface area contributed by atoms with Gasteiger partial charge in [0.25, 0.3) is 0 Å². The van der Waals surface area contributed by atoms with Gasteiger partial charge in [0.15, 0.2) is 0 Å². The van der Waals surface area contributed by atoms with Crippen LogP contribution in [0.25, 0.3) is 0 Å². The number of esters is 2. The number of thioether (sulfide) groups is 1. The van der Waals surface area contributed by atoms with Crippen LogP contribution in [0.5, 0.6) is 0 Å². The molecular weight excluding hydrogens is 306 g/mol. The van der Waals surface area contributed by atoms with E-state index in [1.54, 1.807) is 24.3 Å². The summed E-state index contributed by atoms with van der Waals surface area (Å²) < 4.78 is 9.50. The SMILES string of the molecule is COC(=O)[C@H](CCSC)NC(=O)C(=O)OCc1ccccc1. The largest absolute Gasteiger partial charge is 0.467 e. The van der Waals surface area contributed by atoms with Crippen molar-refractivity contribution in [3.63, 3.8) is 0 Å². The van der Waals surface area contributed by atoms with Crippen molar-refractivity contribution in [1.82, 2.24) is 5.32 Å². The van der Waals surface area contributed by atoms with Gasteiger partial charge >= 0.3 is 17.8 Å². The van der Waals surface area contributed by atoms with Gasteiger partial charge in [0.05, 0.1) is 7.11 Å². The normalized spacial score (nSPS) is 11.4. The van der Waals surface area contributed by atoms with E-state index < -0.39 is 23.9 Å². The van der Waals surface area contributed by atoms with E-state index in [4.69, 9.17) is 4.74 Å². The summed E-state index contributed by atoms with van der Waals surface area (Å²) in [5.41, 5.74) is 0.774. The van der Waals surface area contributed by atoms with Crippen LogP contribution in [0, 0.1) is 0 Å². The molecule has 0 bridgehead atoms. The second-order valence-electron chi connectivity index (χ2n) is 4.39. The number of carbonyl (C=O) groups excluding carboxylic acids is 3. The van der Waals surface area contributed by atoms with Gasteiger partial charge in [-0.15, -0.1) is 0 Å². The molecule has 0 heterocycles. The van der Waals surface area contributed by atoms with Gasteiger partial charge in [0.1, 0.15) is 12.6 Å². The zero-order valence-electron chi connectivity index (χ0n) is 12.5. The first-order chi connectivity index (χ1) is 10.6. The summed E-state index contributed by atoms with van der Waals surface area (Å²) >= 11 is 1.53. The van der Waals surface area contributed by atoms with E-state index in [0.29, 0.717) is 12.2 Å². The van der Waals surface area contributed by atoms with Crippen molar-refractivity contribution in [2.24, 2.45) is 0 Å². The Kier molecular flexibility index (Phi) is 8.06. The highest BCUT2D eigenvalue weighted by Crippen LogP contribution is 2.04. The molecule has 1 aromatic carbocycles. The number of hydrogen-bond donors (Lipinski definition) is 1. The number of carbonyl (C=O) groups is 3. The highest BCUT2D eigenvalue weighted by molar-refractivity contribution is 7.98. The lowest BCUT2D eigenvalue weighted by Gasteiger charge is -2.15. The summed E-state index contributed by atoms with van der Waals surface area (Å²) in [4.78, 5) is 35.0. The molecule has 0 aliphatic rings. The van der Waals surface area contributed by atoms with Crippen molar-refractivity contribution in [2.45, 2.75) is 19.1 Å². The van der Waals surface area contributed by atoms with E-state index in [-0.39, 0.29) is 6.61 Å². The zero-order chi connectivity index (χ0) is 16.4. The molecule has 0 fully saturated rings. The summed E-state index contributed by atoms with van der Waals surface area (Å²) in [6, 6.07) is 8.15. The lowest BCUT2D eigenvalue weighted by Crippen LogP contribution is -2.45. The lowest BCUT2D eigenvalue weighted by molar-refractivity contribution is -0.157. The first-order valence-electron chi connectivity index (χ1n) is 6.66. The predicted octanol–water partition coefficient (Wildman–Crippen LogP) is 1.14. The molecule has 1 atom stereocenters. The summed E-state index contributed by atoms with van der Waals surface area (Å²) in [6.07, 6.45) is 2.26. The fourth-order valence-electron chi connectivity index (χ4n) is 1.63. The third-order valence-corrected chi connectivity index (χ3v) is 3.44. The Labute approximate surface area is 133 Å². The van der Waals surface area contributed by atoms with Crippen LogP contribution >= 0.6 is 11.8 Å². The topological polar surface area (TPSA) is 81.7 Å². The monoisotopic (exact) mass is 325 g/mol. The Balaban J connectivity index is 2.50. The van der Waals surface area contributed by atoms with Crippen LogP contribution in [0.4, 0.5) is 0 Å². The minimum atomic E-state index is -1.03. The molecule has 1 aromatic rings. The van der Waals surface area contributed by atoms with Crippen LogP contribution in [0.2, 0.25) is 0 Å². The van der Waals surface area contributed by atoms with Crippen LogP contribution in [0.15, 0.2) is 30.3 Å². The zero-order valence-corrected chi connectivity index (χ0v) is 13.4. The van der Waals surface area contributed by atoms with Crippen molar-refractivity contribution in [3.05, 3.63) is 35.9 Å². The molecule has 0 aromatic heterocycles. The molecule has 1 amide bonds. The Morgan fingerprint density at radius 2 is 1.91 bits per heavy atom. The summed E-state index contributed by atoms with van der Waals surface area (Å²) in [6.45, 7) is 0.000790. The Bertz CT molecular complexity index is 506. The third-order valence-electron chi connectivity index (χ3n) is 2.80. The van der Waals surface area contributed by atoms with Gasteiger partial charge in [-0.2, -0.15) is 11.8 Å². The minimum Gasteiger partial charge on any atom is -0.467 e. The number of nitrogens with one attached hydrogen (secondary N) is 1. The van der Waals surface area contributed by atoms with E-state index in [1.807, 2.05) is 12.3 Å². The molecule has 1 N–H and O–H groups in total. The molecule has 22 heavy (non-hydrogen) atoms. The quantitative estimate of drug-likeness (QED) is 0.598. The van der Waals surface area contributed by atoms with Gasteiger partial charge < -0.3 is 14.8 Å². The van der Waals surface area contributed by atoms with Crippen LogP contribution in [-0.4, -0.2) is 43.0 Å². The highest BCUT2D eigenvalue weighted by atomic mass is 32.2. The first-order valence-corrected chi connectivity index (χ1v) is 8.06. The Morgan fingerprint density at radius 3 is 2.50 bits per heavy atom. The van der Waals surface area contributed by atoms with Crippen molar-refractivity contribution >= 4 is 29.6 Å². The smallest absolute Gasteiger partial charge is 0.397 e. The fraction of sp³-hybridized carbons (Fsp3) is 0.400. The van der Waals surface area contributed by atoms with Crippen molar-refractivity contribution < 1.29 is 23.9 Å². The van der Waals surface area contributed by atoms with E-state index in [2.05, 4.69) is 10.1 Å². The van der Waals surface area contributed by atoms with E-state index in [9.17, 15) is 14.4 Å². The molecule has 0 aliphatic carbocycles. The fourth-order valence-corrected chi connectivity index (χ4v) is 2.10. The maximum Gasteiger partial charge on any atom is 0.397 e. The van der Waals surface area contributed by atoms with Gasteiger partial charge in [-0.3, -0.25) is 4.79 Å². The van der Waals surface area contributed by atoms with Crippen LogP contribution in [-0.2, 0) is 30.5 Å². The number of rotatable bonds is 7. The van der Waals surface area contributed by atoms with Gasteiger partial charge in [-0.1, -0.05) is 30.3 Å². The maximum absolute atomic E-state index is 11.8. The molecule has 1 rings (SSSR count). The van der Waals surface area contributed by atoms with Gasteiger partial charge in [-0.25, -0.2) is 9.59 Å². The van der Waals surface area contributed by atoms with Crippen molar-refractivity contribution in [3.8, 4) is 0 Å². The van der Waals surface area contributed by atoms with Crippen LogP contribution in [0.1, 0.15) is 12.0 Å². The number of amides is 1. The molecule has 0 unspecified atom stereocenters.